The Labute approximate surface area is 187 Å². The van der Waals surface area contributed by atoms with Gasteiger partial charge in [0.15, 0.2) is 0 Å². The molecule has 2 fully saturated rings. The maximum absolute atomic E-state index is 12.9. The normalized spacial score (nSPS) is 18.9. The highest BCUT2D eigenvalue weighted by molar-refractivity contribution is 6.31. The summed E-state index contributed by atoms with van der Waals surface area (Å²) in [5, 5.41) is 0.455. The van der Waals surface area contributed by atoms with Gasteiger partial charge in [-0.05, 0) is 23.6 Å². The predicted octanol–water partition coefficient (Wildman–Crippen LogP) is 3.78. The quantitative estimate of drug-likeness (QED) is 0.682. The molecule has 0 bridgehead atoms. The third-order valence-electron chi connectivity index (χ3n) is 5.82. The molecule has 1 aromatic heterocycles. The number of rotatable bonds is 6. The first-order valence-electron chi connectivity index (χ1n) is 10.6. The number of pyridine rings is 1. The molecule has 2 aromatic rings. The zero-order valence-corrected chi connectivity index (χ0v) is 18.6. The zero-order valence-electron chi connectivity index (χ0n) is 17.8. The van der Waals surface area contributed by atoms with Crippen molar-refractivity contribution in [3.63, 3.8) is 0 Å². The number of hydrogen-bond acceptors (Lipinski definition) is 4. The minimum absolute atomic E-state index is 0.0581. The first kappa shape index (κ1) is 21.4. The molecule has 164 valence electrons. The maximum Gasteiger partial charge on any atom is 0.325 e. The number of ether oxygens (including phenoxy) is 1. The maximum atomic E-state index is 12.9. The molecular formula is C23H27ClN4O3. The lowest BCUT2D eigenvalue weighted by Crippen LogP contribution is -2.42. The van der Waals surface area contributed by atoms with Crippen LogP contribution in [-0.2, 0) is 4.79 Å². The van der Waals surface area contributed by atoms with E-state index in [9.17, 15) is 9.59 Å². The van der Waals surface area contributed by atoms with E-state index >= 15 is 0 Å². The lowest BCUT2D eigenvalue weighted by Gasteiger charge is -2.22. The highest BCUT2D eigenvalue weighted by Crippen LogP contribution is 2.26. The molecule has 0 spiro atoms. The minimum Gasteiger partial charge on any atom is -0.487 e. The van der Waals surface area contributed by atoms with E-state index in [2.05, 4.69) is 31.0 Å². The van der Waals surface area contributed by atoms with Gasteiger partial charge >= 0.3 is 6.03 Å². The van der Waals surface area contributed by atoms with Crippen molar-refractivity contribution in [2.24, 2.45) is 0 Å². The Balaban J connectivity index is 1.31. The van der Waals surface area contributed by atoms with Crippen molar-refractivity contribution >= 4 is 29.2 Å². The number of carbonyl (C=O) groups is 2. The average Bonchev–Trinajstić information content (AvgIpc) is 3.37. The summed E-state index contributed by atoms with van der Waals surface area (Å²) in [6, 6.07) is 9.66. The Morgan fingerprint density at radius 2 is 1.97 bits per heavy atom. The van der Waals surface area contributed by atoms with E-state index in [4.69, 9.17) is 16.3 Å². The largest absolute Gasteiger partial charge is 0.487 e. The first-order chi connectivity index (χ1) is 14.9. The van der Waals surface area contributed by atoms with Gasteiger partial charge in [0.2, 0.25) is 5.91 Å². The fourth-order valence-electron chi connectivity index (χ4n) is 3.96. The molecule has 7 nitrogen and oxygen atoms in total. The molecule has 0 unspecified atom stereocenters. The summed E-state index contributed by atoms with van der Waals surface area (Å²) in [5.41, 5.74) is 2.11. The number of halogens is 1. The molecule has 0 saturated carbocycles. The van der Waals surface area contributed by atoms with Crippen molar-refractivity contribution in [1.82, 2.24) is 14.8 Å². The second-order valence-electron chi connectivity index (χ2n) is 8.28. The van der Waals surface area contributed by atoms with Crippen LogP contribution in [-0.4, -0.2) is 65.5 Å². The van der Waals surface area contributed by atoms with Gasteiger partial charge in [0.05, 0.1) is 6.54 Å². The van der Waals surface area contributed by atoms with E-state index in [0.29, 0.717) is 42.9 Å². The van der Waals surface area contributed by atoms with Crippen LogP contribution in [0.2, 0.25) is 5.02 Å². The highest BCUT2D eigenvalue weighted by Gasteiger charge is 2.34. The minimum atomic E-state index is -0.124. The summed E-state index contributed by atoms with van der Waals surface area (Å²) < 4.78 is 5.92. The number of likely N-dealkylation sites (tertiary alicyclic amines) is 1. The Hall–Kier alpha value is -2.80. The lowest BCUT2D eigenvalue weighted by molar-refractivity contribution is -0.130. The van der Waals surface area contributed by atoms with E-state index in [0.717, 1.165) is 12.1 Å². The number of amides is 3. The van der Waals surface area contributed by atoms with Crippen LogP contribution in [0, 0.1) is 0 Å². The Morgan fingerprint density at radius 1 is 1.19 bits per heavy atom. The van der Waals surface area contributed by atoms with Crippen molar-refractivity contribution < 1.29 is 14.3 Å². The van der Waals surface area contributed by atoms with E-state index in [-0.39, 0.29) is 24.6 Å². The molecule has 8 heteroatoms. The van der Waals surface area contributed by atoms with Crippen LogP contribution in [0.3, 0.4) is 0 Å². The van der Waals surface area contributed by atoms with Gasteiger partial charge in [-0.25, -0.2) is 4.79 Å². The van der Waals surface area contributed by atoms with Gasteiger partial charge in [-0.15, -0.1) is 0 Å². The summed E-state index contributed by atoms with van der Waals surface area (Å²) in [7, 11) is 0. The van der Waals surface area contributed by atoms with Gasteiger partial charge in [0.25, 0.3) is 0 Å². The number of nitrogens with zero attached hydrogens (tertiary/aromatic N) is 4. The van der Waals surface area contributed by atoms with Crippen molar-refractivity contribution in [3.8, 4) is 5.75 Å². The molecule has 2 aliphatic heterocycles. The molecule has 1 aromatic carbocycles. The standard InChI is InChI=1S/C23H27ClN4O3/c1-16(2)17-3-5-18(6-4-17)28-12-11-27(23(28)30)15-22(29)26-10-8-19(14-26)31-21-7-9-25-13-20(21)24/h3-7,9,13,16,19H,8,10-12,14-15H2,1-2H3/t19-/m0/s1. The van der Waals surface area contributed by atoms with Crippen LogP contribution >= 0.6 is 11.6 Å². The molecule has 3 amide bonds. The molecule has 31 heavy (non-hydrogen) atoms. The van der Waals surface area contributed by atoms with Gasteiger partial charge in [-0.2, -0.15) is 0 Å². The monoisotopic (exact) mass is 442 g/mol. The van der Waals surface area contributed by atoms with Crippen LogP contribution in [0.4, 0.5) is 10.5 Å². The predicted molar refractivity (Wildman–Crippen MR) is 120 cm³/mol. The number of anilines is 1. The summed E-state index contributed by atoms with van der Waals surface area (Å²) in [6.45, 7) is 6.58. The Kier molecular flexibility index (Phi) is 6.32. The van der Waals surface area contributed by atoms with Crippen LogP contribution in [0.1, 0.15) is 31.7 Å². The molecular weight excluding hydrogens is 416 g/mol. The molecule has 3 heterocycles. The van der Waals surface area contributed by atoms with Crippen LogP contribution in [0.25, 0.3) is 0 Å². The topological polar surface area (TPSA) is 66.0 Å². The first-order valence-corrected chi connectivity index (χ1v) is 11.0. The molecule has 4 rings (SSSR count). The van der Waals surface area contributed by atoms with Gasteiger partial charge in [0, 0.05) is 50.2 Å². The zero-order chi connectivity index (χ0) is 22.0. The van der Waals surface area contributed by atoms with Gasteiger partial charge in [-0.3, -0.25) is 14.7 Å². The Morgan fingerprint density at radius 3 is 2.68 bits per heavy atom. The third-order valence-corrected chi connectivity index (χ3v) is 6.10. The van der Waals surface area contributed by atoms with E-state index < -0.39 is 0 Å². The number of carbonyl (C=O) groups excluding carboxylic acids is 2. The van der Waals surface area contributed by atoms with Crippen molar-refractivity contribution in [2.75, 3.05) is 37.6 Å². The SMILES string of the molecule is CC(C)c1ccc(N2CCN(CC(=O)N3CC[C@H](Oc4ccncc4Cl)C3)C2=O)cc1. The van der Waals surface area contributed by atoms with Crippen molar-refractivity contribution in [1.29, 1.82) is 0 Å². The molecule has 2 saturated heterocycles. The molecule has 0 radical (unpaired) electrons. The number of hydrogen-bond donors (Lipinski definition) is 0. The second kappa shape index (κ2) is 9.14. The summed E-state index contributed by atoms with van der Waals surface area (Å²) in [4.78, 5) is 34.7. The fourth-order valence-corrected chi connectivity index (χ4v) is 4.12. The van der Waals surface area contributed by atoms with Gasteiger partial charge in [0.1, 0.15) is 23.4 Å². The van der Waals surface area contributed by atoms with Crippen LogP contribution < -0.4 is 9.64 Å². The number of urea groups is 1. The molecule has 1 atom stereocenters. The number of benzene rings is 1. The molecule has 2 aliphatic rings. The molecule has 0 N–H and O–H groups in total. The lowest BCUT2D eigenvalue weighted by atomic mass is 10.0. The Bertz CT molecular complexity index is 950. The molecule has 0 aliphatic carbocycles. The van der Waals surface area contributed by atoms with E-state index in [1.54, 1.807) is 27.0 Å². The van der Waals surface area contributed by atoms with Crippen molar-refractivity contribution in [2.45, 2.75) is 32.3 Å². The van der Waals surface area contributed by atoms with E-state index in [1.165, 1.54) is 11.8 Å². The van der Waals surface area contributed by atoms with Crippen molar-refractivity contribution in [3.05, 3.63) is 53.3 Å². The van der Waals surface area contributed by atoms with Gasteiger partial charge < -0.3 is 14.5 Å². The highest BCUT2D eigenvalue weighted by atomic mass is 35.5. The average molecular weight is 443 g/mol. The summed E-state index contributed by atoms with van der Waals surface area (Å²) in [5.74, 6) is 0.961. The van der Waals surface area contributed by atoms with Crippen LogP contribution in [0.15, 0.2) is 42.7 Å². The second-order valence-corrected chi connectivity index (χ2v) is 8.68. The number of aromatic nitrogens is 1. The smallest absolute Gasteiger partial charge is 0.325 e. The summed E-state index contributed by atoms with van der Waals surface area (Å²) >= 11 is 6.10. The fraction of sp³-hybridized carbons (Fsp3) is 0.435. The van der Waals surface area contributed by atoms with E-state index in [1.807, 2.05) is 12.1 Å². The summed E-state index contributed by atoms with van der Waals surface area (Å²) in [6.07, 6.45) is 3.78. The van der Waals surface area contributed by atoms with Gasteiger partial charge in [-0.1, -0.05) is 37.6 Å². The van der Waals surface area contributed by atoms with Crippen LogP contribution in [0.5, 0.6) is 5.75 Å². The third kappa shape index (κ3) is 4.77.